The molecule has 0 aromatic rings. The third-order valence-corrected chi connectivity index (χ3v) is 6.83. The van der Waals surface area contributed by atoms with Gasteiger partial charge in [-0.25, -0.2) is 0 Å². The summed E-state index contributed by atoms with van der Waals surface area (Å²) < 4.78 is 10.2. The average molecular weight is 591 g/mol. The maximum absolute atomic E-state index is 11.9. The first-order valence-electron chi connectivity index (χ1n) is 16.7. The van der Waals surface area contributed by atoms with Gasteiger partial charge in [-0.05, 0) is 50.9 Å². The molecule has 0 aromatic carbocycles. The van der Waals surface area contributed by atoms with Crippen molar-refractivity contribution in [1.82, 2.24) is 0 Å². The number of aliphatic hydroxyl groups excluding tert-OH is 2. The van der Waals surface area contributed by atoms with Gasteiger partial charge in [0.2, 0.25) is 0 Å². The second kappa shape index (κ2) is 30.3. The van der Waals surface area contributed by atoms with Crippen molar-refractivity contribution in [3.8, 4) is 0 Å². The number of esters is 2. The molecule has 0 fully saturated rings. The lowest BCUT2D eigenvalue weighted by Crippen LogP contribution is -2.25. The largest absolute Gasteiger partial charge is 0.463 e. The van der Waals surface area contributed by atoms with Crippen molar-refractivity contribution >= 4 is 11.9 Å². The third kappa shape index (κ3) is 30.8. The van der Waals surface area contributed by atoms with Crippen molar-refractivity contribution in [2.24, 2.45) is 5.92 Å². The summed E-state index contributed by atoms with van der Waals surface area (Å²) in [5.41, 5.74) is 0. The second-order valence-electron chi connectivity index (χ2n) is 11.6. The van der Waals surface area contributed by atoms with Crippen LogP contribution in [0.25, 0.3) is 0 Å². The fraction of sp³-hybridized carbons (Fsp3) is 0.722. The van der Waals surface area contributed by atoms with Crippen molar-refractivity contribution in [2.45, 2.75) is 149 Å². The van der Waals surface area contributed by atoms with E-state index in [0.717, 1.165) is 38.0 Å². The van der Waals surface area contributed by atoms with Gasteiger partial charge in [0, 0.05) is 12.8 Å². The van der Waals surface area contributed by atoms with E-state index in [0.29, 0.717) is 25.7 Å². The van der Waals surface area contributed by atoms with Crippen LogP contribution in [-0.2, 0) is 19.1 Å². The number of ether oxygens (including phenoxy) is 2. The molecule has 42 heavy (non-hydrogen) atoms. The zero-order valence-corrected chi connectivity index (χ0v) is 27.0. The van der Waals surface area contributed by atoms with Gasteiger partial charge in [-0.15, -0.1) is 0 Å². The van der Waals surface area contributed by atoms with Crippen LogP contribution in [0.1, 0.15) is 136 Å². The highest BCUT2D eigenvalue weighted by Gasteiger charge is 2.12. The quantitative estimate of drug-likeness (QED) is 0.0410. The molecule has 0 rings (SSSR count). The highest BCUT2D eigenvalue weighted by molar-refractivity contribution is 5.69. The lowest BCUT2D eigenvalue weighted by molar-refractivity contribution is -0.152. The molecule has 0 aromatic heterocycles. The molecule has 6 heteroatoms. The first-order chi connectivity index (χ1) is 20.3. The molecule has 0 radical (unpaired) electrons. The maximum atomic E-state index is 11.9. The molecular weight excluding hydrogens is 528 g/mol. The topological polar surface area (TPSA) is 93.1 Å². The number of hydrogen-bond acceptors (Lipinski definition) is 6. The lowest BCUT2D eigenvalue weighted by atomic mass is 10.0. The van der Waals surface area contributed by atoms with E-state index in [1.165, 1.54) is 51.4 Å². The summed E-state index contributed by atoms with van der Waals surface area (Å²) in [6.07, 6.45) is 32.0. The van der Waals surface area contributed by atoms with Gasteiger partial charge in [0.25, 0.3) is 0 Å². The van der Waals surface area contributed by atoms with E-state index in [1.54, 1.807) is 6.08 Å². The Kier molecular flexibility index (Phi) is 28.7. The van der Waals surface area contributed by atoms with E-state index in [4.69, 9.17) is 9.47 Å². The summed E-state index contributed by atoms with van der Waals surface area (Å²) in [5.74, 6) is 0.0838. The van der Waals surface area contributed by atoms with E-state index in [9.17, 15) is 19.8 Å². The summed E-state index contributed by atoms with van der Waals surface area (Å²) >= 11 is 0. The van der Waals surface area contributed by atoms with Crippen molar-refractivity contribution < 1.29 is 29.3 Å². The van der Waals surface area contributed by atoms with E-state index in [-0.39, 0.29) is 31.6 Å². The van der Waals surface area contributed by atoms with Gasteiger partial charge in [-0.3, -0.25) is 9.59 Å². The number of hydrogen-bond donors (Lipinski definition) is 2. The minimum absolute atomic E-state index is 0.158. The SMILES string of the molecule is CCCCC/C=C\C/C=C\CC(O)/C=C\C=C\CCCC(=O)OC[C@H](O)COC(=O)CCCCCCCCCC(C)C. The smallest absolute Gasteiger partial charge is 0.305 e. The first kappa shape index (κ1) is 39.8. The lowest BCUT2D eigenvalue weighted by Gasteiger charge is -2.12. The Hall–Kier alpha value is -2.18. The van der Waals surface area contributed by atoms with Crippen LogP contribution < -0.4 is 0 Å². The number of allylic oxidation sites excluding steroid dienone is 6. The number of unbranched alkanes of at least 4 members (excludes halogenated alkanes) is 10. The summed E-state index contributed by atoms with van der Waals surface area (Å²) in [6.45, 7) is 6.39. The maximum Gasteiger partial charge on any atom is 0.305 e. The molecule has 0 heterocycles. The van der Waals surface area contributed by atoms with Crippen molar-refractivity contribution in [2.75, 3.05) is 13.2 Å². The fourth-order valence-corrected chi connectivity index (χ4v) is 4.22. The Bertz CT molecular complexity index is 752. The Morgan fingerprint density at radius 3 is 1.93 bits per heavy atom. The molecule has 0 bridgehead atoms. The minimum Gasteiger partial charge on any atom is -0.463 e. The summed E-state index contributed by atoms with van der Waals surface area (Å²) in [4.78, 5) is 23.7. The molecule has 0 saturated carbocycles. The number of rotatable bonds is 28. The van der Waals surface area contributed by atoms with Gasteiger partial charge in [0.05, 0.1) is 6.10 Å². The standard InChI is InChI=1S/C36H62O6/c1-4-5-6-7-8-9-12-16-21-26-33(37)27-22-17-14-19-24-29-36(40)42-31-34(38)30-41-35(39)28-23-18-13-10-11-15-20-25-32(2)3/h8-9,14,16-17,21-22,27,32-34,37-38H,4-7,10-13,15,18-20,23-26,28-31H2,1-3H3/b9-8-,17-14+,21-16-,27-22-/t33?,34-/m1/s1. The Morgan fingerprint density at radius 2 is 1.26 bits per heavy atom. The van der Waals surface area contributed by atoms with Crippen LogP contribution in [0.5, 0.6) is 0 Å². The number of carbonyl (C=O) groups excluding carboxylic acids is 2. The Balaban J connectivity index is 3.70. The van der Waals surface area contributed by atoms with E-state index >= 15 is 0 Å². The number of aliphatic hydroxyl groups is 2. The van der Waals surface area contributed by atoms with Gasteiger partial charge in [-0.2, -0.15) is 0 Å². The molecule has 6 nitrogen and oxygen atoms in total. The molecule has 2 atom stereocenters. The van der Waals surface area contributed by atoms with Gasteiger partial charge in [-0.1, -0.05) is 127 Å². The minimum atomic E-state index is -1.01. The average Bonchev–Trinajstić information content (AvgIpc) is 2.96. The van der Waals surface area contributed by atoms with Crippen LogP contribution in [0, 0.1) is 5.92 Å². The van der Waals surface area contributed by atoms with E-state index < -0.39 is 12.2 Å². The third-order valence-electron chi connectivity index (χ3n) is 6.83. The van der Waals surface area contributed by atoms with Gasteiger partial charge < -0.3 is 19.7 Å². The van der Waals surface area contributed by atoms with Gasteiger partial charge in [0.15, 0.2) is 0 Å². The molecule has 0 spiro atoms. The van der Waals surface area contributed by atoms with Gasteiger partial charge >= 0.3 is 11.9 Å². The van der Waals surface area contributed by atoms with Gasteiger partial charge in [0.1, 0.15) is 19.3 Å². The van der Waals surface area contributed by atoms with Crippen LogP contribution in [0.4, 0.5) is 0 Å². The summed E-state index contributed by atoms with van der Waals surface area (Å²) in [7, 11) is 0. The summed E-state index contributed by atoms with van der Waals surface area (Å²) in [5, 5.41) is 19.9. The van der Waals surface area contributed by atoms with Crippen molar-refractivity contribution in [3.63, 3.8) is 0 Å². The van der Waals surface area contributed by atoms with Crippen LogP contribution in [0.2, 0.25) is 0 Å². The predicted molar refractivity (Wildman–Crippen MR) is 174 cm³/mol. The van der Waals surface area contributed by atoms with Crippen LogP contribution in [-0.4, -0.2) is 47.6 Å². The molecule has 0 saturated heterocycles. The molecular formula is C36H62O6. The molecule has 242 valence electrons. The predicted octanol–water partition coefficient (Wildman–Crippen LogP) is 8.72. The highest BCUT2D eigenvalue weighted by Crippen LogP contribution is 2.13. The molecule has 0 aliphatic rings. The Labute approximate surface area is 257 Å². The van der Waals surface area contributed by atoms with Crippen LogP contribution in [0.15, 0.2) is 48.6 Å². The monoisotopic (exact) mass is 590 g/mol. The van der Waals surface area contributed by atoms with Crippen molar-refractivity contribution in [3.05, 3.63) is 48.6 Å². The fourth-order valence-electron chi connectivity index (χ4n) is 4.22. The van der Waals surface area contributed by atoms with E-state index in [2.05, 4.69) is 39.0 Å². The molecule has 0 aliphatic carbocycles. The molecule has 0 amide bonds. The van der Waals surface area contributed by atoms with Crippen LogP contribution >= 0.6 is 0 Å². The Morgan fingerprint density at radius 1 is 0.667 bits per heavy atom. The second-order valence-corrected chi connectivity index (χ2v) is 11.6. The molecule has 0 aliphatic heterocycles. The van der Waals surface area contributed by atoms with Crippen molar-refractivity contribution in [1.29, 1.82) is 0 Å². The number of carbonyl (C=O) groups is 2. The first-order valence-corrected chi connectivity index (χ1v) is 16.7. The molecule has 2 N–H and O–H groups in total. The van der Waals surface area contributed by atoms with Crippen LogP contribution in [0.3, 0.4) is 0 Å². The zero-order chi connectivity index (χ0) is 31.1. The summed E-state index contributed by atoms with van der Waals surface area (Å²) in [6, 6.07) is 0. The normalized spacial score (nSPS) is 13.7. The van der Waals surface area contributed by atoms with E-state index in [1.807, 2.05) is 24.3 Å². The zero-order valence-electron chi connectivity index (χ0n) is 27.0. The molecule has 1 unspecified atom stereocenters. The highest BCUT2D eigenvalue weighted by atomic mass is 16.6.